The van der Waals surface area contributed by atoms with Crippen molar-refractivity contribution < 1.29 is 0 Å². The van der Waals surface area contributed by atoms with Gasteiger partial charge in [-0.1, -0.05) is 32.0 Å². The zero-order chi connectivity index (χ0) is 14.7. The molecule has 1 atom stereocenters. The van der Waals surface area contributed by atoms with E-state index in [9.17, 15) is 0 Å². The van der Waals surface area contributed by atoms with Crippen LogP contribution in [0.1, 0.15) is 55.8 Å². The second kappa shape index (κ2) is 6.73. The van der Waals surface area contributed by atoms with Crippen LogP contribution in [0.25, 0.3) is 0 Å². The van der Waals surface area contributed by atoms with Crippen molar-refractivity contribution in [3.05, 3.63) is 34.9 Å². The van der Waals surface area contributed by atoms with E-state index in [1.54, 1.807) is 0 Å². The van der Waals surface area contributed by atoms with Gasteiger partial charge in [-0.25, -0.2) is 0 Å². The number of rotatable bonds is 7. The van der Waals surface area contributed by atoms with E-state index in [1.807, 2.05) is 0 Å². The van der Waals surface area contributed by atoms with Crippen LogP contribution in [-0.4, -0.2) is 24.0 Å². The van der Waals surface area contributed by atoms with Gasteiger partial charge in [0.15, 0.2) is 0 Å². The van der Waals surface area contributed by atoms with Crippen LogP contribution < -0.4 is 5.73 Å². The normalized spacial score (nSPS) is 16.9. The van der Waals surface area contributed by atoms with E-state index in [-0.39, 0.29) is 0 Å². The van der Waals surface area contributed by atoms with Crippen molar-refractivity contribution >= 4 is 0 Å². The third-order valence-corrected chi connectivity index (χ3v) is 4.61. The first-order valence-electron chi connectivity index (χ1n) is 8.06. The maximum atomic E-state index is 6.15. The fourth-order valence-electron chi connectivity index (χ4n) is 2.98. The van der Waals surface area contributed by atoms with Crippen LogP contribution in [-0.2, 0) is 0 Å². The Hall–Kier alpha value is -0.860. The minimum atomic E-state index is 0.390. The monoisotopic (exact) mass is 274 g/mol. The van der Waals surface area contributed by atoms with Crippen molar-refractivity contribution in [3.63, 3.8) is 0 Å². The Balaban J connectivity index is 2.21. The molecular weight excluding hydrogens is 244 g/mol. The summed E-state index contributed by atoms with van der Waals surface area (Å²) in [6, 6.07) is 7.80. The van der Waals surface area contributed by atoms with Gasteiger partial charge in [0.25, 0.3) is 0 Å². The Morgan fingerprint density at radius 1 is 1.25 bits per heavy atom. The molecule has 1 aromatic carbocycles. The molecule has 0 bridgehead atoms. The van der Waals surface area contributed by atoms with Gasteiger partial charge in [-0.2, -0.15) is 0 Å². The molecule has 2 nitrogen and oxygen atoms in total. The highest BCUT2D eigenvalue weighted by Crippen LogP contribution is 2.35. The van der Waals surface area contributed by atoms with Gasteiger partial charge in [-0.3, -0.25) is 4.90 Å². The predicted octanol–water partition coefficient (Wildman–Crippen LogP) is 3.81. The standard InChI is InChI=1S/C18H30N2/c1-13(2)10-11-20(16-8-9-16)18(12-19)17-7-5-6-14(3)15(17)4/h5-7,13,16,18H,8-12,19H2,1-4H3. The third-order valence-electron chi connectivity index (χ3n) is 4.61. The molecule has 2 heteroatoms. The Kier molecular flexibility index (Phi) is 5.22. The average Bonchev–Trinajstić information content (AvgIpc) is 3.22. The number of aryl methyl sites for hydroxylation is 1. The summed E-state index contributed by atoms with van der Waals surface area (Å²) in [5.74, 6) is 0.758. The maximum absolute atomic E-state index is 6.15. The topological polar surface area (TPSA) is 29.3 Å². The summed E-state index contributed by atoms with van der Waals surface area (Å²) in [7, 11) is 0. The van der Waals surface area contributed by atoms with Crippen LogP contribution in [0.3, 0.4) is 0 Å². The van der Waals surface area contributed by atoms with Gasteiger partial charge in [0.05, 0.1) is 0 Å². The molecule has 2 rings (SSSR count). The molecule has 0 spiro atoms. The minimum Gasteiger partial charge on any atom is -0.329 e. The van der Waals surface area contributed by atoms with E-state index in [0.717, 1.165) is 18.5 Å². The van der Waals surface area contributed by atoms with Crippen LogP contribution in [0.15, 0.2) is 18.2 Å². The molecule has 112 valence electrons. The van der Waals surface area contributed by atoms with Gasteiger partial charge < -0.3 is 5.73 Å². The van der Waals surface area contributed by atoms with Crippen LogP contribution >= 0.6 is 0 Å². The van der Waals surface area contributed by atoms with Crippen LogP contribution in [0.5, 0.6) is 0 Å². The second-order valence-corrected chi connectivity index (χ2v) is 6.69. The molecule has 1 unspecified atom stereocenters. The minimum absolute atomic E-state index is 0.390. The van der Waals surface area contributed by atoms with Crippen molar-refractivity contribution in [2.75, 3.05) is 13.1 Å². The average molecular weight is 274 g/mol. The molecule has 2 N–H and O–H groups in total. The number of hydrogen-bond acceptors (Lipinski definition) is 2. The molecule has 1 saturated carbocycles. The number of nitrogens with zero attached hydrogens (tertiary/aromatic N) is 1. The van der Waals surface area contributed by atoms with E-state index in [0.29, 0.717) is 6.04 Å². The molecule has 0 heterocycles. The van der Waals surface area contributed by atoms with Crippen molar-refractivity contribution in [3.8, 4) is 0 Å². The lowest BCUT2D eigenvalue weighted by molar-refractivity contribution is 0.180. The highest BCUT2D eigenvalue weighted by atomic mass is 15.2. The summed E-state index contributed by atoms with van der Waals surface area (Å²) in [5, 5.41) is 0. The lowest BCUT2D eigenvalue weighted by Crippen LogP contribution is -2.37. The fraction of sp³-hybridized carbons (Fsp3) is 0.667. The molecule has 0 aliphatic heterocycles. The quantitative estimate of drug-likeness (QED) is 0.819. The van der Waals surface area contributed by atoms with Crippen LogP contribution in [0.2, 0.25) is 0 Å². The van der Waals surface area contributed by atoms with E-state index in [2.05, 4.69) is 50.8 Å². The molecule has 1 aromatic rings. The smallest absolute Gasteiger partial charge is 0.0476 e. The Morgan fingerprint density at radius 3 is 2.50 bits per heavy atom. The number of nitrogens with two attached hydrogens (primary N) is 1. The van der Waals surface area contributed by atoms with Crippen molar-refractivity contribution in [1.29, 1.82) is 0 Å². The van der Waals surface area contributed by atoms with Gasteiger partial charge in [-0.15, -0.1) is 0 Å². The first-order valence-corrected chi connectivity index (χ1v) is 8.06. The fourth-order valence-corrected chi connectivity index (χ4v) is 2.98. The molecular formula is C18H30N2. The van der Waals surface area contributed by atoms with E-state index in [4.69, 9.17) is 5.73 Å². The molecule has 0 radical (unpaired) electrons. The van der Waals surface area contributed by atoms with Gasteiger partial charge >= 0.3 is 0 Å². The largest absolute Gasteiger partial charge is 0.329 e. The maximum Gasteiger partial charge on any atom is 0.0476 e. The van der Waals surface area contributed by atoms with E-state index >= 15 is 0 Å². The summed E-state index contributed by atoms with van der Waals surface area (Å²) in [6.07, 6.45) is 3.96. The molecule has 1 aliphatic carbocycles. The van der Waals surface area contributed by atoms with E-state index < -0.39 is 0 Å². The molecule has 0 aromatic heterocycles. The summed E-state index contributed by atoms with van der Waals surface area (Å²) in [6.45, 7) is 10.9. The highest BCUT2D eigenvalue weighted by Gasteiger charge is 2.34. The summed E-state index contributed by atoms with van der Waals surface area (Å²) in [4.78, 5) is 2.67. The first-order chi connectivity index (χ1) is 9.54. The summed E-state index contributed by atoms with van der Waals surface area (Å²) >= 11 is 0. The van der Waals surface area contributed by atoms with Gasteiger partial charge in [-0.05, 0) is 62.3 Å². The third kappa shape index (κ3) is 3.62. The molecule has 20 heavy (non-hydrogen) atoms. The SMILES string of the molecule is Cc1cccc(C(CN)N(CCC(C)C)C2CC2)c1C. The lowest BCUT2D eigenvalue weighted by atomic mass is 9.95. The predicted molar refractivity (Wildman–Crippen MR) is 86.9 cm³/mol. The summed E-state index contributed by atoms with van der Waals surface area (Å²) in [5.41, 5.74) is 10.4. The molecule has 0 saturated heterocycles. The Morgan fingerprint density at radius 2 is 1.95 bits per heavy atom. The van der Waals surface area contributed by atoms with Crippen molar-refractivity contribution in [1.82, 2.24) is 4.90 Å². The van der Waals surface area contributed by atoms with Gasteiger partial charge in [0.1, 0.15) is 0 Å². The second-order valence-electron chi connectivity index (χ2n) is 6.69. The molecule has 1 fully saturated rings. The van der Waals surface area contributed by atoms with Gasteiger partial charge in [0.2, 0.25) is 0 Å². The zero-order valence-corrected chi connectivity index (χ0v) is 13.5. The zero-order valence-electron chi connectivity index (χ0n) is 13.5. The molecule has 1 aliphatic rings. The van der Waals surface area contributed by atoms with Crippen molar-refractivity contribution in [2.45, 2.75) is 59.0 Å². The first kappa shape index (κ1) is 15.5. The number of hydrogen-bond donors (Lipinski definition) is 1. The van der Waals surface area contributed by atoms with Crippen LogP contribution in [0, 0.1) is 19.8 Å². The van der Waals surface area contributed by atoms with E-state index in [1.165, 1.54) is 42.5 Å². The highest BCUT2D eigenvalue weighted by molar-refractivity contribution is 5.35. The Labute approximate surface area is 124 Å². The van der Waals surface area contributed by atoms with Crippen LogP contribution in [0.4, 0.5) is 0 Å². The Bertz CT molecular complexity index is 435. The lowest BCUT2D eigenvalue weighted by Gasteiger charge is -2.33. The van der Waals surface area contributed by atoms with Gasteiger partial charge in [0, 0.05) is 18.6 Å². The molecule has 0 amide bonds. The number of benzene rings is 1. The van der Waals surface area contributed by atoms with Crippen molar-refractivity contribution in [2.24, 2.45) is 11.7 Å². The summed E-state index contributed by atoms with van der Waals surface area (Å²) < 4.78 is 0.